The Morgan fingerprint density at radius 3 is 2.93 bits per heavy atom. The zero-order chi connectivity index (χ0) is 10.1. The van der Waals surface area contributed by atoms with Crippen molar-refractivity contribution in [1.82, 2.24) is 4.98 Å². The molecular weight excluding hydrogens is 183 g/mol. The second kappa shape index (κ2) is 3.23. The predicted molar refractivity (Wildman–Crippen MR) is 52.0 cm³/mol. The second-order valence-electron chi connectivity index (χ2n) is 3.01. The van der Waals surface area contributed by atoms with E-state index in [0.717, 1.165) is 0 Å². The number of rotatable bonds is 1. The van der Waals surface area contributed by atoms with Gasteiger partial charge in [0.25, 0.3) is 0 Å². The minimum Gasteiger partial charge on any atom is -0.397 e. The molecule has 3 N–H and O–H groups in total. The van der Waals surface area contributed by atoms with Crippen molar-refractivity contribution in [3.63, 3.8) is 0 Å². The van der Waals surface area contributed by atoms with Crippen molar-refractivity contribution >= 4 is 16.6 Å². The molecule has 0 bridgehead atoms. The predicted octanol–water partition coefficient (Wildman–Crippen LogP) is 1.45. The average molecular weight is 192 g/mol. The third-order valence-corrected chi connectivity index (χ3v) is 2.13. The van der Waals surface area contributed by atoms with Crippen LogP contribution in [0.2, 0.25) is 0 Å². The summed E-state index contributed by atoms with van der Waals surface area (Å²) in [5.74, 6) is -0.348. The van der Waals surface area contributed by atoms with E-state index in [1.54, 1.807) is 6.07 Å². The Hall–Kier alpha value is -1.68. The van der Waals surface area contributed by atoms with E-state index in [-0.39, 0.29) is 12.4 Å². The maximum atomic E-state index is 12.8. The van der Waals surface area contributed by atoms with E-state index in [1.165, 1.54) is 18.3 Å². The number of hydrogen-bond donors (Lipinski definition) is 2. The summed E-state index contributed by atoms with van der Waals surface area (Å²) in [6, 6.07) is 4.20. The molecule has 2 aromatic rings. The van der Waals surface area contributed by atoms with E-state index in [9.17, 15) is 4.39 Å². The number of benzene rings is 1. The van der Waals surface area contributed by atoms with Gasteiger partial charge in [0.2, 0.25) is 0 Å². The minimum atomic E-state index is -0.348. The molecule has 0 aliphatic heterocycles. The fourth-order valence-electron chi connectivity index (χ4n) is 1.42. The second-order valence-corrected chi connectivity index (χ2v) is 3.01. The highest BCUT2D eigenvalue weighted by molar-refractivity contribution is 5.85. The number of nitrogen functional groups attached to an aromatic ring is 1. The Morgan fingerprint density at radius 1 is 1.43 bits per heavy atom. The van der Waals surface area contributed by atoms with Crippen LogP contribution in [0.5, 0.6) is 0 Å². The number of fused-ring (bicyclic) bond motifs is 1. The number of aromatic nitrogens is 1. The van der Waals surface area contributed by atoms with Crippen molar-refractivity contribution in [3.05, 3.63) is 35.8 Å². The van der Waals surface area contributed by atoms with Gasteiger partial charge in [0.15, 0.2) is 0 Å². The first-order valence-electron chi connectivity index (χ1n) is 4.16. The number of nitrogens with two attached hydrogens (primary N) is 1. The lowest BCUT2D eigenvalue weighted by Crippen LogP contribution is -1.97. The molecule has 0 radical (unpaired) electrons. The number of anilines is 1. The normalized spacial score (nSPS) is 10.7. The molecule has 4 heteroatoms. The maximum absolute atomic E-state index is 12.8. The lowest BCUT2D eigenvalue weighted by atomic mass is 10.1. The van der Waals surface area contributed by atoms with Gasteiger partial charge >= 0.3 is 0 Å². The Bertz CT molecular complexity index is 485. The van der Waals surface area contributed by atoms with Crippen molar-refractivity contribution < 1.29 is 9.50 Å². The fraction of sp³-hybridized carbons (Fsp3) is 0.100. The first-order chi connectivity index (χ1) is 6.72. The summed E-state index contributed by atoms with van der Waals surface area (Å²) in [6.45, 7) is -0.170. The zero-order valence-corrected chi connectivity index (χ0v) is 7.37. The summed E-state index contributed by atoms with van der Waals surface area (Å²) >= 11 is 0. The summed E-state index contributed by atoms with van der Waals surface area (Å²) in [4.78, 5) is 3.97. The quantitative estimate of drug-likeness (QED) is 0.718. The topological polar surface area (TPSA) is 59.1 Å². The Kier molecular flexibility index (Phi) is 2.05. The van der Waals surface area contributed by atoms with Crippen molar-refractivity contribution in [2.75, 3.05) is 5.73 Å². The average Bonchev–Trinajstić information content (AvgIpc) is 2.18. The lowest BCUT2D eigenvalue weighted by Gasteiger charge is -2.06. The molecule has 0 unspecified atom stereocenters. The molecule has 1 heterocycles. The molecule has 1 aromatic carbocycles. The van der Waals surface area contributed by atoms with Gasteiger partial charge in [-0.3, -0.25) is 4.98 Å². The number of pyridine rings is 1. The molecule has 0 saturated heterocycles. The molecule has 0 aliphatic carbocycles. The van der Waals surface area contributed by atoms with Gasteiger partial charge in [-0.25, -0.2) is 4.39 Å². The van der Waals surface area contributed by atoms with Crippen molar-refractivity contribution in [2.24, 2.45) is 0 Å². The highest BCUT2D eigenvalue weighted by atomic mass is 19.1. The molecule has 0 spiro atoms. The van der Waals surface area contributed by atoms with Gasteiger partial charge in [0.05, 0.1) is 24.0 Å². The number of halogens is 1. The summed E-state index contributed by atoms with van der Waals surface area (Å²) < 4.78 is 12.8. The molecule has 0 fully saturated rings. The maximum Gasteiger partial charge on any atom is 0.125 e. The van der Waals surface area contributed by atoms with Crippen molar-refractivity contribution in [1.29, 1.82) is 0 Å². The van der Waals surface area contributed by atoms with Crippen LogP contribution in [0.1, 0.15) is 5.56 Å². The van der Waals surface area contributed by atoms with Crippen LogP contribution < -0.4 is 5.73 Å². The highest BCUT2D eigenvalue weighted by Crippen LogP contribution is 2.22. The van der Waals surface area contributed by atoms with Gasteiger partial charge in [-0.2, -0.15) is 0 Å². The standard InChI is InChI=1S/C10H9FN2O/c11-6-1-2-7-8(5-14)9(12)4-13-10(7)3-6/h1-4,14H,5,12H2. The largest absolute Gasteiger partial charge is 0.397 e. The first kappa shape index (κ1) is 8.90. The van der Waals surface area contributed by atoms with E-state index < -0.39 is 0 Å². The van der Waals surface area contributed by atoms with Gasteiger partial charge in [-0.1, -0.05) is 0 Å². The van der Waals surface area contributed by atoms with Crippen LogP contribution in [0.25, 0.3) is 10.9 Å². The number of nitrogens with zero attached hydrogens (tertiary/aromatic N) is 1. The van der Waals surface area contributed by atoms with Gasteiger partial charge in [-0.05, 0) is 12.1 Å². The molecule has 2 rings (SSSR count). The minimum absolute atomic E-state index is 0.170. The van der Waals surface area contributed by atoms with E-state index >= 15 is 0 Å². The highest BCUT2D eigenvalue weighted by Gasteiger charge is 2.05. The fourth-order valence-corrected chi connectivity index (χ4v) is 1.42. The van der Waals surface area contributed by atoms with Crippen LogP contribution in [0.4, 0.5) is 10.1 Å². The lowest BCUT2D eigenvalue weighted by molar-refractivity contribution is 0.284. The zero-order valence-electron chi connectivity index (χ0n) is 7.37. The molecule has 3 nitrogen and oxygen atoms in total. The Balaban J connectivity index is 2.82. The summed E-state index contributed by atoms with van der Waals surface area (Å²) in [5, 5.41) is 9.77. The van der Waals surface area contributed by atoms with Crippen LogP contribution in [0.15, 0.2) is 24.4 Å². The van der Waals surface area contributed by atoms with Crippen LogP contribution >= 0.6 is 0 Å². The van der Waals surface area contributed by atoms with Gasteiger partial charge in [-0.15, -0.1) is 0 Å². The van der Waals surface area contributed by atoms with Crippen LogP contribution in [-0.2, 0) is 6.61 Å². The third-order valence-electron chi connectivity index (χ3n) is 2.13. The number of aliphatic hydroxyl groups is 1. The van der Waals surface area contributed by atoms with E-state index in [1.807, 2.05) is 0 Å². The van der Waals surface area contributed by atoms with Crippen LogP contribution in [0, 0.1) is 5.82 Å². The van der Waals surface area contributed by atoms with E-state index in [4.69, 9.17) is 10.8 Å². The van der Waals surface area contributed by atoms with Crippen molar-refractivity contribution in [3.8, 4) is 0 Å². The molecule has 0 saturated carbocycles. The van der Waals surface area contributed by atoms with Gasteiger partial charge < -0.3 is 10.8 Å². The third kappa shape index (κ3) is 1.29. The number of hydrogen-bond acceptors (Lipinski definition) is 3. The molecule has 72 valence electrons. The molecule has 0 aliphatic rings. The molecule has 14 heavy (non-hydrogen) atoms. The van der Waals surface area contributed by atoms with Crippen LogP contribution in [-0.4, -0.2) is 10.1 Å². The van der Waals surface area contributed by atoms with E-state index in [2.05, 4.69) is 4.98 Å². The first-order valence-corrected chi connectivity index (χ1v) is 4.16. The SMILES string of the molecule is Nc1cnc2cc(F)ccc2c1CO. The molecule has 0 atom stereocenters. The Labute approximate surface area is 80.0 Å². The molecule has 1 aromatic heterocycles. The molecular formula is C10H9FN2O. The summed E-state index contributed by atoms with van der Waals surface area (Å²) in [5.41, 5.74) is 7.14. The summed E-state index contributed by atoms with van der Waals surface area (Å²) in [6.07, 6.45) is 1.42. The smallest absolute Gasteiger partial charge is 0.125 e. The van der Waals surface area contributed by atoms with Gasteiger partial charge in [0, 0.05) is 17.0 Å². The van der Waals surface area contributed by atoms with Crippen LogP contribution in [0.3, 0.4) is 0 Å². The summed E-state index contributed by atoms with van der Waals surface area (Å²) in [7, 11) is 0. The molecule has 0 amide bonds. The Morgan fingerprint density at radius 2 is 2.21 bits per heavy atom. The number of aliphatic hydroxyl groups excluding tert-OH is 1. The monoisotopic (exact) mass is 192 g/mol. The van der Waals surface area contributed by atoms with Crippen molar-refractivity contribution in [2.45, 2.75) is 6.61 Å². The van der Waals surface area contributed by atoms with E-state index in [0.29, 0.717) is 22.2 Å². The van der Waals surface area contributed by atoms with Gasteiger partial charge in [0.1, 0.15) is 5.82 Å².